The van der Waals surface area contributed by atoms with Crippen LogP contribution in [0.15, 0.2) is 48.1 Å². The molecule has 0 amide bonds. The molecule has 1 rings (SSSR count). The first-order chi connectivity index (χ1) is 15.1. The molecule has 0 saturated heterocycles. The molecule has 5 heteroatoms. The maximum Gasteiger partial charge on any atom is 0.147 e. The molecule has 32 heavy (non-hydrogen) atoms. The van der Waals surface area contributed by atoms with Crippen molar-refractivity contribution in [2.24, 2.45) is 0 Å². The third kappa shape index (κ3) is 13.9. The van der Waals surface area contributed by atoms with E-state index in [4.69, 9.17) is 18.9 Å². The molecule has 0 N–H and O–H groups in total. The van der Waals surface area contributed by atoms with E-state index in [1.165, 1.54) is 11.1 Å². The zero-order valence-corrected chi connectivity index (χ0v) is 22.5. The Morgan fingerprint density at radius 3 is 2.34 bits per heavy atom. The first kappa shape index (κ1) is 28.6. The summed E-state index contributed by atoms with van der Waals surface area (Å²) in [4.78, 5) is 0. The second-order valence-corrected chi connectivity index (χ2v) is 15.6. The summed E-state index contributed by atoms with van der Waals surface area (Å²) in [5, 5.41) is 0. The van der Waals surface area contributed by atoms with Crippen molar-refractivity contribution in [3.05, 3.63) is 53.6 Å². The van der Waals surface area contributed by atoms with Crippen molar-refractivity contribution in [3.8, 4) is 5.75 Å². The lowest BCUT2D eigenvalue weighted by atomic mass is 10.0. The SMILES string of the molecule is C=C(C)CCC/C(C)=C/CC(OCOCC[Si](C)(C)C)C(C)OCc1ccc(OC)cc1. The molecule has 0 radical (unpaired) electrons. The van der Waals surface area contributed by atoms with Crippen molar-refractivity contribution in [2.75, 3.05) is 20.5 Å². The number of allylic oxidation sites excluding steroid dienone is 2. The number of methoxy groups -OCH3 is 1. The molecule has 182 valence electrons. The second-order valence-electron chi connectivity index (χ2n) is 10.0. The number of hydrogen-bond donors (Lipinski definition) is 0. The molecule has 0 aromatic heterocycles. The van der Waals surface area contributed by atoms with Crippen LogP contribution < -0.4 is 4.74 Å². The number of ether oxygens (including phenoxy) is 4. The molecule has 0 spiro atoms. The highest BCUT2D eigenvalue weighted by Crippen LogP contribution is 2.18. The Kier molecular flexibility index (Phi) is 13.8. The fourth-order valence-corrected chi connectivity index (χ4v) is 3.87. The summed E-state index contributed by atoms with van der Waals surface area (Å²) in [6.45, 7) is 19.1. The minimum Gasteiger partial charge on any atom is -0.497 e. The summed E-state index contributed by atoms with van der Waals surface area (Å²) >= 11 is 0. The Balaban J connectivity index is 2.60. The molecule has 0 bridgehead atoms. The van der Waals surface area contributed by atoms with Crippen molar-refractivity contribution in [1.29, 1.82) is 0 Å². The van der Waals surface area contributed by atoms with Gasteiger partial charge in [0.25, 0.3) is 0 Å². The monoisotopic (exact) mass is 462 g/mol. The summed E-state index contributed by atoms with van der Waals surface area (Å²) in [5.74, 6) is 0.853. The van der Waals surface area contributed by atoms with Gasteiger partial charge in [0.1, 0.15) is 12.5 Å². The van der Waals surface area contributed by atoms with Crippen molar-refractivity contribution in [1.82, 2.24) is 0 Å². The predicted octanol–water partition coefficient (Wildman–Crippen LogP) is 7.38. The van der Waals surface area contributed by atoms with Crippen molar-refractivity contribution < 1.29 is 18.9 Å². The van der Waals surface area contributed by atoms with Gasteiger partial charge >= 0.3 is 0 Å². The molecule has 0 aliphatic rings. The van der Waals surface area contributed by atoms with E-state index in [9.17, 15) is 0 Å². The average Bonchev–Trinajstić information content (AvgIpc) is 2.73. The maximum absolute atomic E-state index is 6.16. The fraction of sp³-hybridized carbons (Fsp3) is 0.630. The Labute approximate surface area is 198 Å². The van der Waals surface area contributed by atoms with Crippen LogP contribution in [0.3, 0.4) is 0 Å². The summed E-state index contributed by atoms with van der Waals surface area (Å²) in [5.41, 5.74) is 3.76. The van der Waals surface area contributed by atoms with Crippen LogP contribution in [0.4, 0.5) is 0 Å². The second kappa shape index (κ2) is 15.4. The number of benzene rings is 1. The van der Waals surface area contributed by atoms with Gasteiger partial charge in [0.2, 0.25) is 0 Å². The zero-order chi connectivity index (χ0) is 24.0. The number of rotatable bonds is 17. The van der Waals surface area contributed by atoms with Crippen molar-refractivity contribution in [3.63, 3.8) is 0 Å². The molecule has 0 saturated carbocycles. The van der Waals surface area contributed by atoms with Gasteiger partial charge in [-0.1, -0.05) is 49.0 Å². The molecular weight excluding hydrogens is 416 g/mol. The average molecular weight is 463 g/mol. The van der Waals surface area contributed by atoms with E-state index in [0.29, 0.717) is 13.4 Å². The van der Waals surface area contributed by atoms with Crippen LogP contribution in [0.5, 0.6) is 5.75 Å². The smallest absolute Gasteiger partial charge is 0.147 e. The van der Waals surface area contributed by atoms with E-state index < -0.39 is 8.07 Å². The molecule has 1 aromatic carbocycles. The van der Waals surface area contributed by atoms with Gasteiger partial charge in [-0.25, -0.2) is 0 Å². The van der Waals surface area contributed by atoms with E-state index in [1.54, 1.807) is 7.11 Å². The molecular formula is C27H46O4Si. The first-order valence-electron chi connectivity index (χ1n) is 11.8. The van der Waals surface area contributed by atoms with Crippen LogP contribution in [0.2, 0.25) is 25.7 Å². The van der Waals surface area contributed by atoms with E-state index in [-0.39, 0.29) is 12.2 Å². The zero-order valence-electron chi connectivity index (χ0n) is 21.5. The lowest BCUT2D eigenvalue weighted by molar-refractivity contribution is -0.133. The lowest BCUT2D eigenvalue weighted by Gasteiger charge is -2.24. The van der Waals surface area contributed by atoms with Gasteiger partial charge in [-0.05, 0) is 70.2 Å². The summed E-state index contributed by atoms with van der Waals surface area (Å²) in [6, 6.07) is 9.13. The molecule has 0 heterocycles. The third-order valence-electron chi connectivity index (χ3n) is 5.43. The van der Waals surface area contributed by atoms with Gasteiger partial charge < -0.3 is 18.9 Å². The quantitative estimate of drug-likeness (QED) is 0.105. The van der Waals surface area contributed by atoms with E-state index in [1.807, 2.05) is 24.3 Å². The minimum absolute atomic E-state index is 0.0443. The topological polar surface area (TPSA) is 36.9 Å². The van der Waals surface area contributed by atoms with Crippen molar-refractivity contribution >= 4 is 8.07 Å². The maximum atomic E-state index is 6.16. The Bertz CT molecular complexity index is 676. The van der Waals surface area contributed by atoms with E-state index in [0.717, 1.165) is 49.6 Å². The molecule has 4 nitrogen and oxygen atoms in total. The fourth-order valence-electron chi connectivity index (χ4n) is 3.11. The molecule has 0 aliphatic heterocycles. The highest BCUT2D eigenvalue weighted by atomic mass is 28.3. The number of hydrogen-bond acceptors (Lipinski definition) is 4. The third-order valence-corrected chi connectivity index (χ3v) is 7.13. The highest BCUT2D eigenvalue weighted by molar-refractivity contribution is 6.76. The minimum atomic E-state index is -1.09. The van der Waals surface area contributed by atoms with E-state index >= 15 is 0 Å². The Morgan fingerprint density at radius 2 is 1.75 bits per heavy atom. The molecule has 0 aliphatic carbocycles. The van der Waals surface area contributed by atoms with Crippen LogP contribution in [-0.4, -0.2) is 40.8 Å². The van der Waals surface area contributed by atoms with Gasteiger partial charge in [0.15, 0.2) is 0 Å². The van der Waals surface area contributed by atoms with Gasteiger partial charge in [0, 0.05) is 14.7 Å². The summed E-state index contributed by atoms with van der Waals surface area (Å²) < 4.78 is 23.3. The van der Waals surface area contributed by atoms with Gasteiger partial charge in [-0.3, -0.25) is 0 Å². The Morgan fingerprint density at radius 1 is 1.06 bits per heavy atom. The van der Waals surface area contributed by atoms with Gasteiger partial charge in [-0.2, -0.15) is 0 Å². The van der Waals surface area contributed by atoms with Crippen LogP contribution in [0.1, 0.15) is 52.0 Å². The molecule has 2 unspecified atom stereocenters. The van der Waals surface area contributed by atoms with Crippen LogP contribution in [0, 0.1) is 0 Å². The van der Waals surface area contributed by atoms with Gasteiger partial charge in [0.05, 0.1) is 25.9 Å². The standard InChI is InChI=1S/C27H46O4Si/c1-22(2)10-9-11-23(3)12-17-27(31-21-29-18-19-32(6,7)8)24(4)30-20-25-13-15-26(28-5)16-14-25/h12-16,24,27H,1,9-11,17-21H2,2-8H3/b23-12+. The lowest BCUT2D eigenvalue weighted by Crippen LogP contribution is -2.30. The Hall–Kier alpha value is -1.40. The normalized spacial score (nSPS) is 14.3. The van der Waals surface area contributed by atoms with Crippen LogP contribution in [-0.2, 0) is 20.8 Å². The van der Waals surface area contributed by atoms with Crippen molar-refractivity contribution in [2.45, 2.75) is 91.0 Å². The summed E-state index contributed by atoms with van der Waals surface area (Å²) in [6.07, 6.45) is 6.34. The van der Waals surface area contributed by atoms with Crippen LogP contribution in [0.25, 0.3) is 0 Å². The first-order valence-corrected chi connectivity index (χ1v) is 15.6. The van der Waals surface area contributed by atoms with E-state index in [2.05, 4.69) is 53.1 Å². The predicted molar refractivity (Wildman–Crippen MR) is 138 cm³/mol. The molecule has 0 fully saturated rings. The summed E-state index contributed by atoms with van der Waals surface area (Å²) in [7, 11) is 0.582. The molecule has 2 atom stereocenters. The molecule has 1 aromatic rings. The largest absolute Gasteiger partial charge is 0.497 e. The van der Waals surface area contributed by atoms with Crippen LogP contribution >= 0.6 is 0 Å². The highest BCUT2D eigenvalue weighted by Gasteiger charge is 2.19. The van der Waals surface area contributed by atoms with Gasteiger partial charge in [-0.15, -0.1) is 6.58 Å².